The molecule has 0 rings (SSSR count). The van der Waals surface area contributed by atoms with Gasteiger partial charge in [-0.05, 0) is 6.16 Å². The zero-order valence-corrected chi connectivity index (χ0v) is 8.00. The molecule has 0 atom stereocenters. The molecule has 0 saturated heterocycles. The number of carbonyl (C=O) groups is 1. The van der Waals surface area contributed by atoms with Gasteiger partial charge in [-0.1, -0.05) is 0 Å². The quantitative estimate of drug-likeness (QED) is 0.343. The molecular weight excluding hydrogens is 156 g/mol. The van der Waals surface area contributed by atoms with Gasteiger partial charge in [0, 0.05) is 0 Å². The summed E-state index contributed by atoms with van der Waals surface area (Å²) in [7, 11) is 0. The standard InChI is InChI=1S/CH2O3.2Ca.H2O/c2-1(3)4;;;/h(H2,2,3,4);;;1H2/q;2*+2;/p-3. The first-order valence-corrected chi connectivity index (χ1v) is 0.612. The van der Waals surface area contributed by atoms with Crippen LogP contribution in [0, 0.1) is 0 Å². The van der Waals surface area contributed by atoms with Gasteiger partial charge in [-0.2, -0.15) is 0 Å². The molecule has 0 aliphatic rings. The van der Waals surface area contributed by atoms with Crippen LogP contribution in [0.2, 0.25) is 0 Å². The molecule has 0 aromatic heterocycles. The van der Waals surface area contributed by atoms with Gasteiger partial charge in [-0.15, -0.1) is 0 Å². The van der Waals surface area contributed by atoms with Crippen molar-refractivity contribution in [1.82, 2.24) is 0 Å². The van der Waals surface area contributed by atoms with E-state index in [-0.39, 0.29) is 81.0 Å². The van der Waals surface area contributed by atoms with Gasteiger partial charge in [0.25, 0.3) is 0 Å². The van der Waals surface area contributed by atoms with Crippen molar-refractivity contribution >= 4 is 81.6 Å². The first-order valence-electron chi connectivity index (χ1n) is 0.612. The maximum atomic E-state index is 8.33. The first kappa shape index (κ1) is 23.3. The smallest absolute Gasteiger partial charge is 0.870 e. The van der Waals surface area contributed by atoms with Crippen molar-refractivity contribution in [3.05, 3.63) is 0 Å². The molecule has 6 heteroatoms. The van der Waals surface area contributed by atoms with Crippen molar-refractivity contribution in [2.24, 2.45) is 0 Å². The Morgan fingerprint density at radius 2 is 1.14 bits per heavy atom. The van der Waals surface area contributed by atoms with Crippen molar-refractivity contribution in [2.45, 2.75) is 0 Å². The predicted molar refractivity (Wildman–Crippen MR) is 18.8 cm³/mol. The fraction of sp³-hybridized carbons (Fsp3) is 0. The van der Waals surface area contributed by atoms with Crippen LogP contribution in [-0.4, -0.2) is 87.1 Å². The molecule has 0 amide bonds. The van der Waals surface area contributed by atoms with Crippen molar-refractivity contribution in [3.8, 4) is 0 Å². The molecule has 0 aliphatic carbocycles. The van der Waals surface area contributed by atoms with Gasteiger partial charge in [0.05, 0.1) is 0 Å². The molecule has 0 bridgehead atoms. The SMILES string of the molecule is O=C([O-])[O-].[Ca+2].[Ca+2].[OH-]. The summed E-state index contributed by atoms with van der Waals surface area (Å²) in [5, 5.41) is 16.7. The molecule has 0 aliphatic heterocycles. The Hall–Kier alpha value is 1.75. The van der Waals surface area contributed by atoms with Crippen molar-refractivity contribution < 1.29 is 20.5 Å². The number of hydrogen-bond donors (Lipinski definition) is 0. The summed E-state index contributed by atoms with van der Waals surface area (Å²) in [5.41, 5.74) is 0. The summed E-state index contributed by atoms with van der Waals surface area (Å²) in [6.07, 6.45) is -2.33. The van der Waals surface area contributed by atoms with Crippen LogP contribution in [0.3, 0.4) is 0 Å². The van der Waals surface area contributed by atoms with Crippen LogP contribution >= 0.6 is 0 Å². The van der Waals surface area contributed by atoms with E-state index < -0.39 is 6.16 Å². The van der Waals surface area contributed by atoms with Gasteiger partial charge in [-0.3, -0.25) is 0 Å². The average Bonchev–Trinajstić information content (AvgIpc) is 0.811. The minimum atomic E-state index is -2.33. The molecule has 0 spiro atoms. The fourth-order valence-electron chi connectivity index (χ4n) is 0. The van der Waals surface area contributed by atoms with Crippen LogP contribution in [0.15, 0.2) is 0 Å². The molecule has 0 heterocycles. The largest absolute Gasteiger partial charge is 2.00 e. The second-order valence-electron chi connectivity index (χ2n) is 0.250. The third-order valence-electron chi connectivity index (χ3n) is 0. The van der Waals surface area contributed by atoms with E-state index in [9.17, 15) is 0 Å². The van der Waals surface area contributed by atoms with Crippen molar-refractivity contribution in [1.29, 1.82) is 0 Å². The third kappa shape index (κ3) is 83.7. The van der Waals surface area contributed by atoms with Gasteiger partial charge in [0.15, 0.2) is 0 Å². The normalized spacial score (nSPS) is 3.43. The maximum absolute atomic E-state index is 8.33. The van der Waals surface area contributed by atoms with Crippen LogP contribution in [-0.2, 0) is 0 Å². The number of carbonyl (C=O) groups excluding carboxylic acids is 1. The van der Waals surface area contributed by atoms with Crippen LogP contribution in [0.4, 0.5) is 4.79 Å². The second kappa shape index (κ2) is 15.7. The second-order valence-corrected chi connectivity index (χ2v) is 0.250. The summed E-state index contributed by atoms with van der Waals surface area (Å²) in [6, 6.07) is 0. The summed E-state index contributed by atoms with van der Waals surface area (Å²) >= 11 is 0. The van der Waals surface area contributed by atoms with Gasteiger partial charge < -0.3 is 20.5 Å². The zero-order chi connectivity index (χ0) is 3.58. The Morgan fingerprint density at radius 3 is 1.14 bits per heavy atom. The number of carboxylic acid groups (broad SMARTS) is 2. The summed E-state index contributed by atoms with van der Waals surface area (Å²) < 4.78 is 0. The Morgan fingerprint density at radius 1 is 1.14 bits per heavy atom. The fourth-order valence-corrected chi connectivity index (χ4v) is 0. The molecule has 4 nitrogen and oxygen atoms in total. The molecule has 0 radical (unpaired) electrons. The predicted octanol–water partition coefficient (Wildman–Crippen LogP) is -3.39. The summed E-state index contributed by atoms with van der Waals surface area (Å²) in [5.74, 6) is 0. The summed E-state index contributed by atoms with van der Waals surface area (Å²) in [4.78, 5) is 8.33. The van der Waals surface area contributed by atoms with Gasteiger partial charge in [0.2, 0.25) is 0 Å². The van der Waals surface area contributed by atoms with E-state index in [1.165, 1.54) is 0 Å². The molecule has 0 aromatic rings. The molecule has 1 N–H and O–H groups in total. The van der Waals surface area contributed by atoms with Crippen LogP contribution in [0.1, 0.15) is 0 Å². The van der Waals surface area contributed by atoms with E-state index in [1.807, 2.05) is 0 Å². The van der Waals surface area contributed by atoms with Crippen LogP contribution < -0.4 is 10.2 Å². The minimum Gasteiger partial charge on any atom is -0.870 e. The van der Waals surface area contributed by atoms with Gasteiger partial charge >= 0.3 is 75.5 Å². The number of hydrogen-bond acceptors (Lipinski definition) is 4. The zero-order valence-electron chi connectivity index (χ0n) is 3.59. The Labute approximate surface area is 100 Å². The Kier molecular flexibility index (Phi) is 52.1. The van der Waals surface area contributed by atoms with Crippen molar-refractivity contribution in [3.63, 3.8) is 0 Å². The summed E-state index contributed by atoms with van der Waals surface area (Å²) in [6.45, 7) is 0. The average molecular weight is 157 g/mol. The Bertz CT molecular complexity index is 32.7. The van der Waals surface area contributed by atoms with Gasteiger partial charge in [0.1, 0.15) is 0 Å². The molecule has 0 saturated carbocycles. The van der Waals surface area contributed by atoms with E-state index in [0.717, 1.165) is 0 Å². The monoisotopic (exact) mass is 157 g/mol. The topological polar surface area (TPSA) is 93.2 Å². The van der Waals surface area contributed by atoms with Gasteiger partial charge in [-0.25, -0.2) is 0 Å². The first-order chi connectivity index (χ1) is 1.73. The molecule has 7 heavy (non-hydrogen) atoms. The van der Waals surface area contributed by atoms with E-state index in [1.54, 1.807) is 0 Å². The molecule has 0 fully saturated rings. The Balaban J connectivity index is -0.0000000150. The molecular formula is CHCa2O4+. The van der Waals surface area contributed by atoms with Crippen molar-refractivity contribution in [2.75, 3.05) is 0 Å². The molecule has 0 aromatic carbocycles. The third-order valence-corrected chi connectivity index (χ3v) is 0. The van der Waals surface area contributed by atoms with Crippen LogP contribution in [0.25, 0.3) is 0 Å². The molecule has 0 unspecified atom stereocenters. The van der Waals surface area contributed by atoms with E-state index in [0.29, 0.717) is 0 Å². The number of rotatable bonds is 0. The molecule has 32 valence electrons. The van der Waals surface area contributed by atoms with Crippen LogP contribution in [0.5, 0.6) is 0 Å². The minimum absolute atomic E-state index is 0. The van der Waals surface area contributed by atoms with E-state index >= 15 is 0 Å². The van der Waals surface area contributed by atoms with E-state index in [4.69, 9.17) is 15.0 Å². The van der Waals surface area contributed by atoms with E-state index in [2.05, 4.69) is 0 Å². The maximum Gasteiger partial charge on any atom is 2.00 e.